The van der Waals surface area contributed by atoms with E-state index in [1.165, 1.54) is 5.69 Å². The number of anilines is 3. The highest BCUT2D eigenvalue weighted by Gasteiger charge is 2.17. The third-order valence-corrected chi connectivity index (χ3v) is 5.74. The quantitative estimate of drug-likeness (QED) is 0.584. The highest BCUT2D eigenvalue weighted by Crippen LogP contribution is 2.33. The number of benzene rings is 2. The molecule has 31 heavy (non-hydrogen) atoms. The predicted octanol–water partition coefficient (Wildman–Crippen LogP) is 3.83. The summed E-state index contributed by atoms with van der Waals surface area (Å²) in [5.74, 6) is 1.70. The van der Waals surface area contributed by atoms with Gasteiger partial charge in [-0.05, 0) is 42.3 Å². The number of rotatable bonds is 7. The van der Waals surface area contributed by atoms with Crippen molar-refractivity contribution in [2.24, 2.45) is 0 Å². The number of carbonyl (C=O) groups is 1. The fourth-order valence-corrected chi connectivity index (χ4v) is 4.08. The van der Waals surface area contributed by atoms with Crippen LogP contribution in [0.3, 0.4) is 0 Å². The first kappa shape index (κ1) is 21.1. The minimum Gasteiger partial charge on any atom is -0.496 e. The van der Waals surface area contributed by atoms with Gasteiger partial charge >= 0.3 is 0 Å². The lowest BCUT2D eigenvalue weighted by Crippen LogP contribution is -2.46. The molecule has 0 saturated carbocycles. The molecule has 0 unspecified atom stereocenters. The lowest BCUT2D eigenvalue weighted by Gasteiger charge is -2.35. The van der Waals surface area contributed by atoms with E-state index >= 15 is 0 Å². The molecule has 0 amide bonds. The summed E-state index contributed by atoms with van der Waals surface area (Å²) in [5, 5.41) is 4.32. The zero-order valence-electron chi connectivity index (χ0n) is 18.3. The Bertz CT molecular complexity index is 1040. The Hall–Kier alpha value is -3.19. The lowest BCUT2D eigenvalue weighted by atomic mass is 9.99. The molecule has 0 atom stereocenters. The van der Waals surface area contributed by atoms with Gasteiger partial charge in [0, 0.05) is 54.7 Å². The summed E-state index contributed by atoms with van der Waals surface area (Å²) in [5.41, 5.74) is 4.13. The maximum Gasteiger partial charge on any atom is 0.227 e. The number of aldehydes is 1. The predicted molar refractivity (Wildman–Crippen MR) is 125 cm³/mol. The SMILES string of the molecule is COc1ccc2cnc(Nc3ccc(N4CCN(CC=O)CC4)cc3)nc2c1C(C)C. The summed E-state index contributed by atoms with van der Waals surface area (Å²) < 4.78 is 5.56. The van der Waals surface area contributed by atoms with Crippen molar-refractivity contribution >= 4 is 34.5 Å². The Morgan fingerprint density at radius 2 is 1.84 bits per heavy atom. The molecule has 4 rings (SSSR count). The Kier molecular flexibility index (Phi) is 6.32. The van der Waals surface area contributed by atoms with Crippen LogP contribution in [0.1, 0.15) is 25.3 Å². The topological polar surface area (TPSA) is 70.6 Å². The van der Waals surface area contributed by atoms with Crippen LogP contribution in [0, 0.1) is 0 Å². The molecule has 1 saturated heterocycles. The number of hydrogen-bond acceptors (Lipinski definition) is 7. The van der Waals surface area contributed by atoms with Crippen LogP contribution in [0.2, 0.25) is 0 Å². The van der Waals surface area contributed by atoms with Gasteiger partial charge in [0.25, 0.3) is 0 Å². The molecule has 0 bridgehead atoms. The van der Waals surface area contributed by atoms with Crippen LogP contribution in [-0.2, 0) is 4.79 Å². The minimum atomic E-state index is 0.285. The summed E-state index contributed by atoms with van der Waals surface area (Å²) in [6.07, 6.45) is 2.83. The van der Waals surface area contributed by atoms with Crippen molar-refractivity contribution in [3.05, 3.63) is 48.2 Å². The van der Waals surface area contributed by atoms with Gasteiger partial charge in [0.2, 0.25) is 5.95 Å². The van der Waals surface area contributed by atoms with Crippen LogP contribution >= 0.6 is 0 Å². The number of nitrogens with one attached hydrogen (secondary N) is 1. The standard InChI is InChI=1S/C24H29N5O2/c1-17(2)22-21(31-3)9-4-18-16-25-24(27-23(18)22)26-19-5-7-20(8-6-19)29-12-10-28(11-13-29)14-15-30/h4-9,15-17H,10-14H2,1-3H3,(H,25,26,27). The third kappa shape index (κ3) is 4.61. The summed E-state index contributed by atoms with van der Waals surface area (Å²) in [6.45, 7) is 8.47. The van der Waals surface area contributed by atoms with Crippen molar-refractivity contribution in [2.75, 3.05) is 50.1 Å². The first-order valence-corrected chi connectivity index (χ1v) is 10.7. The van der Waals surface area contributed by atoms with Gasteiger partial charge in [-0.2, -0.15) is 0 Å². The summed E-state index contributed by atoms with van der Waals surface area (Å²) in [7, 11) is 1.69. The van der Waals surface area contributed by atoms with E-state index in [-0.39, 0.29) is 5.92 Å². The molecule has 1 aliphatic heterocycles. The van der Waals surface area contributed by atoms with Gasteiger partial charge < -0.3 is 19.7 Å². The molecule has 2 heterocycles. The Labute approximate surface area is 183 Å². The molecular formula is C24H29N5O2. The number of methoxy groups -OCH3 is 1. The minimum absolute atomic E-state index is 0.285. The number of piperazine rings is 1. The van der Waals surface area contributed by atoms with Gasteiger partial charge in [0.15, 0.2) is 0 Å². The maximum absolute atomic E-state index is 10.7. The summed E-state index contributed by atoms with van der Waals surface area (Å²) in [4.78, 5) is 24.5. The Morgan fingerprint density at radius 1 is 1.10 bits per heavy atom. The Balaban J connectivity index is 1.50. The first-order valence-electron chi connectivity index (χ1n) is 10.7. The highest BCUT2D eigenvalue weighted by atomic mass is 16.5. The molecular weight excluding hydrogens is 390 g/mol. The number of hydrogen-bond donors (Lipinski definition) is 1. The van der Waals surface area contributed by atoms with Crippen LogP contribution in [-0.4, -0.2) is 61.0 Å². The summed E-state index contributed by atoms with van der Waals surface area (Å²) >= 11 is 0. The molecule has 1 aromatic heterocycles. The van der Waals surface area contributed by atoms with E-state index < -0.39 is 0 Å². The van der Waals surface area contributed by atoms with Crippen LogP contribution in [0.25, 0.3) is 10.9 Å². The average molecular weight is 420 g/mol. The zero-order valence-corrected chi connectivity index (χ0v) is 18.3. The van der Waals surface area contributed by atoms with Gasteiger partial charge in [-0.15, -0.1) is 0 Å². The monoisotopic (exact) mass is 419 g/mol. The second kappa shape index (κ2) is 9.31. The van der Waals surface area contributed by atoms with E-state index in [1.807, 2.05) is 18.3 Å². The second-order valence-corrected chi connectivity index (χ2v) is 8.09. The number of ether oxygens (including phenoxy) is 1. The molecule has 0 radical (unpaired) electrons. The van der Waals surface area contributed by atoms with E-state index in [1.54, 1.807) is 7.11 Å². The molecule has 2 aromatic carbocycles. The second-order valence-electron chi connectivity index (χ2n) is 8.09. The first-order chi connectivity index (χ1) is 15.1. The van der Waals surface area contributed by atoms with Crippen molar-refractivity contribution in [1.82, 2.24) is 14.9 Å². The zero-order chi connectivity index (χ0) is 21.8. The van der Waals surface area contributed by atoms with E-state index in [0.29, 0.717) is 12.5 Å². The van der Waals surface area contributed by atoms with Crippen LogP contribution in [0.5, 0.6) is 5.75 Å². The van der Waals surface area contributed by atoms with Gasteiger partial charge in [-0.3, -0.25) is 4.90 Å². The lowest BCUT2D eigenvalue weighted by molar-refractivity contribution is -0.108. The van der Waals surface area contributed by atoms with Crippen molar-refractivity contribution < 1.29 is 9.53 Å². The number of carbonyl (C=O) groups excluding carboxylic acids is 1. The molecule has 7 heteroatoms. The molecule has 0 spiro atoms. The molecule has 1 aliphatic rings. The van der Waals surface area contributed by atoms with Crippen molar-refractivity contribution in [3.8, 4) is 5.75 Å². The Morgan fingerprint density at radius 3 is 2.48 bits per heavy atom. The van der Waals surface area contributed by atoms with Crippen LogP contribution < -0.4 is 15.0 Å². The van der Waals surface area contributed by atoms with Gasteiger partial charge in [-0.1, -0.05) is 13.8 Å². The van der Waals surface area contributed by atoms with Crippen LogP contribution in [0.4, 0.5) is 17.3 Å². The highest BCUT2D eigenvalue weighted by molar-refractivity contribution is 5.85. The van der Waals surface area contributed by atoms with E-state index in [9.17, 15) is 4.79 Å². The fourth-order valence-electron chi connectivity index (χ4n) is 4.08. The maximum atomic E-state index is 10.7. The smallest absolute Gasteiger partial charge is 0.227 e. The van der Waals surface area contributed by atoms with Gasteiger partial charge in [0.1, 0.15) is 12.0 Å². The molecule has 3 aromatic rings. The molecule has 1 N–H and O–H groups in total. The molecule has 1 fully saturated rings. The largest absolute Gasteiger partial charge is 0.496 e. The third-order valence-electron chi connectivity index (χ3n) is 5.74. The van der Waals surface area contributed by atoms with E-state index in [2.05, 4.69) is 58.2 Å². The normalized spacial score (nSPS) is 14.8. The molecule has 162 valence electrons. The van der Waals surface area contributed by atoms with E-state index in [0.717, 1.165) is 60.4 Å². The van der Waals surface area contributed by atoms with Crippen molar-refractivity contribution in [3.63, 3.8) is 0 Å². The van der Waals surface area contributed by atoms with Crippen molar-refractivity contribution in [1.29, 1.82) is 0 Å². The van der Waals surface area contributed by atoms with Gasteiger partial charge in [0.05, 0.1) is 19.2 Å². The average Bonchev–Trinajstić information content (AvgIpc) is 2.79. The number of nitrogens with zero attached hydrogens (tertiary/aromatic N) is 4. The molecule has 0 aliphatic carbocycles. The fraction of sp³-hybridized carbons (Fsp3) is 0.375. The van der Waals surface area contributed by atoms with Crippen molar-refractivity contribution in [2.45, 2.75) is 19.8 Å². The molecule has 7 nitrogen and oxygen atoms in total. The summed E-state index contributed by atoms with van der Waals surface area (Å²) in [6, 6.07) is 12.3. The number of aromatic nitrogens is 2. The van der Waals surface area contributed by atoms with E-state index in [4.69, 9.17) is 9.72 Å². The van der Waals surface area contributed by atoms with Gasteiger partial charge in [-0.25, -0.2) is 9.97 Å². The van der Waals surface area contributed by atoms with Crippen LogP contribution in [0.15, 0.2) is 42.6 Å². The number of fused-ring (bicyclic) bond motifs is 1.